The molecule has 15 heteroatoms. The van der Waals surface area contributed by atoms with Crippen molar-refractivity contribution in [3.63, 3.8) is 0 Å². The van der Waals surface area contributed by atoms with Crippen LogP contribution in [-0.2, 0) is 0 Å². The molecule has 39 heavy (non-hydrogen) atoms. The van der Waals surface area contributed by atoms with Gasteiger partial charge in [-0.05, 0) is 42.0 Å². The van der Waals surface area contributed by atoms with Crippen molar-refractivity contribution >= 4 is 28.5 Å². The van der Waals surface area contributed by atoms with E-state index in [1.807, 2.05) is 0 Å². The fourth-order valence-electron chi connectivity index (χ4n) is 3.74. The van der Waals surface area contributed by atoms with E-state index in [2.05, 4.69) is 5.10 Å². The standard InChI is InChI=1S/C24H18N6O9/c1-38-18-7-3-15(4-8-18)24(31)23(26-13-25-27(14-26)16-5-9-19(39-2)10-6-16)22-20(29(34)35)11-17(28(32)33)12-21(22)30(36)37/h3-14H,1-2H3/b24-23+. The molecule has 0 unspecified atom stereocenters. The van der Waals surface area contributed by atoms with Crippen molar-refractivity contribution in [1.29, 1.82) is 0 Å². The Kier molecular flexibility index (Phi) is 7.15. The highest BCUT2D eigenvalue weighted by Crippen LogP contribution is 2.39. The lowest BCUT2D eigenvalue weighted by Gasteiger charge is -2.18. The average molecular weight is 534 g/mol. The Bertz CT molecular complexity index is 1580. The van der Waals surface area contributed by atoms with Crippen LogP contribution in [0, 0.1) is 30.3 Å². The van der Waals surface area contributed by atoms with Crippen molar-refractivity contribution < 1.29 is 33.9 Å². The minimum Gasteiger partial charge on any atom is -0.870 e. The van der Waals surface area contributed by atoms with E-state index in [1.54, 1.807) is 24.3 Å². The van der Waals surface area contributed by atoms with Crippen LogP contribution in [0.4, 0.5) is 17.1 Å². The number of non-ortho nitro benzene ring substituents is 1. The number of hydrogen-bond donors (Lipinski definition) is 0. The maximum absolute atomic E-state index is 13.8. The topological polar surface area (TPSA) is 193 Å². The molecule has 0 aliphatic carbocycles. The molecule has 0 bridgehead atoms. The molecular formula is C24H18N6O9. The van der Waals surface area contributed by atoms with Gasteiger partial charge in [-0.15, -0.1) is 0 Å². The smallest absolute Gasteiger partial charge is 0.294 e. The molecule has 0 aliphatic heterocycles. The second kappa shape index (κ2) is 10.6. The Morgan fingerprint density at radius 1 is 0.821 bits per heavy atom. The minimum absolute atomic E-state index is 0.0115. The molecule has 0 aliphatic rings. The molecule has 1 aromatic heterocycles. The highest BCUT2D eigenvalue weighted by Gasteiger charge is 2.36. The molecule has 1 heterocycles. The third kappa shape index (κ3) is 5.17. The van der Waals surface area contributed by atoms with Crippen LogP contribution in [0.25, 0.3) is 17.1 Å². The van der Waals surface area contributed by atoms with Gasteiger partial charge in [-0.25, -0.2) is 4.57 Å². The predicted molar refractivity (Wildman–Crippen MR) is 132 cm³/mol. The van der Waals surface area contributed by atoms with Gasteiger partial charge < -0.3 is 14.6 Å². The van der Waals surface area contributed by atoms with E-state index in [-0.39, 0.29) is 5.56 Å². The highest BCUT2D eigenvalue weighted by molar-refractivity contribution is 5.89. The Morgan fingerprint density at radius 2 is 1.33 bits per heavy atom. The number of aromatic nitrogens is 3. The molecule has 3 aromatic carbocycles. The van der Waals surface area contributed by atoms with Gasteiger partial charge in [-0.1, -0.05) is 22.6 Å². The lowest BCUT2D eigenvalue weighted by atomic mass is 10.0. The van der Waals surface area contributed by atoms with E-state index >= 15 is 0 Å². The second-order valence-corrected chi connectivity index (χ2v) is 7.83. The number of nitro groups is 3. The Balaban J connectivity index is 2.04. The molecule has 0 amide bonds. The largest absolute Gasteiger partial charge is 0.870 e. The predicted octanol–water partition coefficient (Wildman–Crippen LogP) is 2.64. The van der Waals surface area contributed by atoms with E-state index in [0.717, 1.165) is 10.9 Å². The van der Waals surface area contributed by atoms with Gasteiger partial charge in [0.1, 0.15) is 22.9 Å². The molecule has 0 fully saturated rings. The number of methoxy groups -OCH3 is 2. The van der Waals surface area contributed by atoms with Crippen LogP contribution >= 0.6 is 0 Å². The maximum Gasteiger partial charge on any atom is 0.294 e. The number of ether oxygens (including phenoxy) is 2. The molecule has 0 atom stereocenters. The van der Waals surface area contributed by atoms with Crippen molar-refractivity contribution in [3.05, 3.63) is 115 Å². The summed E-state index contributed by atoms with van der Waals surface area (Å²) < 4.78 is 12.6. The van der Waals surface area contributed by atoms with Crippen LogP contribution in [-0.4, -0.2) is 38.8 Å². The van der Waals surface area contributed by atoms with Gasteiger partial charge in [0, 0.05) is 5.10 Å². The van der Waals surface area contributed by atoms with Crippen molar-refractivity contribution in [2.24, 2.45) is 0 Å². The van der Waals surface area contributed by atoms with Crippen LogP contribution in [0.5, 0.6) is 11.5 Å². The van der Waals surface area contributed by atoms with Gasteiger partial charge in [0.15, 0.2) is 5.56 Å². The zero-order valence-corrected chi connectivity index (χ0v) is 20.3. The first kappa shape index (κ1) is 26.2. The summed E-state index contributed by atoms with van der Waals surface area (Å²) in [4.78, 5) is 32.4. The summed E-state index contributed by atoms with van der Waals surface area (Å²) >= 11 is 0. The van der Waals surface area contributed by atoms with Crippen molar-refractivity contribution in [2.75, 3.05) is 14.2 Å². The third-order valence-corrected chi connectivity index (χ3v) is 5.62. The Labute approximate surface area is 218 Å². The monoisotopic (exact) mass is 534 g/mol. The molecule has 4 rings (SSSR count). The molecule has 0 saturated carbocycles. The molecule has 0 N–H and O–H groups in total. The molecule has 4 aromatic rings. The quantitative estimate of drug-likeness (QED) is 0.101. The van der Waals surface area contributed by atoms with Crippen LogP contribution in [0.2, 0.25) is 0 Å². The van der Waals surface area contributed by atoms with E-state index in [9.17, 15) is 35.4 Å². The first-order valence-electron chi connectivity index (χ1n) is 10.9. The van der Waals surface area contributed by atoms with Gasteiger partial charge in [0.05, 0.1) is 41.1 Å². The number of hydrogen-bond acceptors (Lipinski definition) is 10. The highest BCUT2D eigenvalue weighted by atomic mass is 16.6. The van der Waals surface area contributed by atoms with Crippen molar-refractivity contribution in [2.45, 2.75) is 0 Å². The third-order valence-electron chi connectivity index (χ3n) is 5.62. The van der Waals surface area contributed by atoms with Gasteiger partial charge in [-0.3, -0.25) is 30.3 Å². The molecule has 15 nitrogen and oxygen atoms in total. The molecule has 0 radical (unpaired) electrons. The summed E-state index contributed by atoms with van der Waals surface area (Å²) in [5, 5.41) is 53.4. The van der Waals surface area contributed by atoms with Crippen LogP contribution in [0.3, 0.4) is 0 Å². The minimum atomic E-state index is -1.02. The van der Waals surface area contributed by atoms with Gasteiger partial charge in [0.2, 0.25) is 6.33 Å². The number of nitrogens with zero attached hydrogens (tertiary/aromatic N) is 6. The number of nitro benzene ring substituents is 3. The van der Waals surface area contributed by atoms with Gasteiger partial charge in [0.25, 0.3) is 23.4 Å². The number of benzene rings is 3. The van der Waals surface area contributed by atoms with E-state index in [1.165, 1.54) is 49.5 Å². The normalized spacial score (nSPS) is 11.4. The van der Waals surface area contributed by atoms with E-state index in [0.29, 0.717) is 29.3 Å². The van der Waals surface area contributed by atoms with E-state index in [4.69, 9.17) is 9.47 Å². The summed E-state index contributed by atoms with van der Waals surface area (Å²) in [6.45, 7) is 0. The lowest BCUT2D eigenvalue weighted by Crippen LogP contribution is -2.34. The molecule has 0 saturated heterocycles. The fraction of sp³-hybridized carbons (Fsp3) is 0.0833. The summed E-state index contributed by atoms with van der Waals surface area (Å²) in [6, 6.07) is 13.4. The second-order valence-electron chi connectivity index (χ2n) is 7.83. The lowest BCUT2D eigenvalue weighted by molar-refractivity contribution is -0.582. The van der Waals surface area contributed by atoms with Gasteiger partial charge in [-0.2, -0.15) is 0 Å². The van der Waals surface area contributed by atoms with Crippen LogP contribution in [0.15, 0.2) is 73.3 Å². The first-order chi connectivity index (χ1) is 18.6. The Hall–Kier alpha value is -5.86. The summed E-state index contributed by atoms with van der Waals surface area (Å²) in [5.41, 5.74) is -3.61. The molecule has 198 valence electrons. The number of rotatable bonds is 9. The Morgan fingerprint density at radius 3 is 1.79 bits per heavy atom. The summed E-state index contributed by atoms with van der Waals surface area (Å²) in [6.07, 6.45) is 2.42. The van der Waals surface area contributed by atoms with Gasteiger partial charge >= 0.3 is 0 Å². The van der Waals surface area contributed by atoms with Crippen molar-refractivity contribution in [3.8, 4) is 17.2 Å². The zero-order valence-electron chi connectivity index (χ0n) is 20.3. The summed E-state index contributed by atoms with van der Waals surface area (Å²) in [5.74, 6) is 0.134. The van der Waals surface area contributed by atoms with Crippen LogP contribution in [0.1, 0.15) is 11.1 Å². The zero-order chi connectivity index (χ0) is 28.3. The summed E-state index contributed by atoms with van der Waals surface area (Å²) in [7, 11) is 2.91. The SMILES string of the molecule is COc1ccc(/C([O-])=C(/c2c([N+](=O)[O-])cc([N+](=O)[O-])cc2[N+](=O)[O-])[n+]2cnn(-c3ccc(OC)cc3)c2)cc1. The van der Waals surface area contributed by atoms with E-state index < -0.39 is 48.9 Å². The molecule has 0 spiro atoms. The maximum atomic E-state index is 13.8. The van der Waals surface area contributed by atoms with Crippen LogP contribution < -0.4 is 19.1 Å². The fourth-order valence-corrected chi connectivity index (χ4v) is 3.74. The first-order valence-corrected chi connectivity index (χ1v) is 10.9. The van der Waals surface area contributed by atoms with Crippen molar-refractivity contribution in [1.82, 2.24) is 9.78 Å². The average Bonchev–Trinajstić information content (AvgIpc) is 3.42. The molecular weight excluding hydrogens is 516 g/mol.